The lowest BCUT2D eigenvalue weighted by Crippen LogP contribution is -2.30. The topological polar surface area (TPSA) is 70.0 Å². The van der Waals surface area contributed by atoms with E-state index in [9.17, 15) is 9.59 Å². The van der Waals surface area contributed by atoms with Crippen molar-refractivity contribution in [3.05, 3.63) is 52.0 Å². The predicted molar refractivity (Wildman–Crippen MR) is 124 cm³/mol. The van der Waals surface area contributed by atoms with Crippen LogP contribution in [0.4, 0.5) is 5.82 Å². The molecule has 1 fully saturated rings. The van der Waals surface area contributed by atoms with Gasteiger partial charge in [-0.25, -0.2) is 4.98 Å². The number of nitrogens with one attached hydrogen (secondary N) is 1. The van der Waals surface area contributed by atoms with Crippen molar-refractivity contribution in [3.8, 4) is 0 Å². The van der Waals surface area contributed by atoms with Crippen molar-refractivity contribution in [2.75, 3.05) is 31.6 Å². The van der Waals surface area contributed by atoms with Gasteiger partial charge in [-0.05, 0) is 42.8 Å². The highest BCUT2D eigenvalue weighted by Gasteiger charge is 2.20. The molecule has 0 aliphatic carbocycles. The highest BCUT2D eigenvalue weighted by Crippen LogP contribution is 2.25. The Labute approximate surface area is 186 Å². The maximum atomic E-state index is 12.7. The van der Waals surface area contributed by atoms with E-state index in [0.717, 1.165) is 49.5 Å². The van der Waals surface area contributed by atoms with Crippen LogP contribution in [0, 0.1) is 0 Å². The average Bonchev–Trinajstić information content (AvgIpc) is 3.50. The summed E-state index contributed by atoms with van der Waals surface area (Å²) in [6.45, 7) is 4.99. The zero-order valence-electron chi connectivity index (χ0n) is 18.1. The molecule has 3 aromatic rings. The standard InChI is InChI=1S/C23H29N5O2S/c1-3-19-23(26(2)16-18-7-5-14-31-18)28-15-17(9-10-20(28)25-19)22(30)24-11-6-13-27-12-4-8-21(27)29/h5,7,9-10,14-15H,3-4,6,8,11-13,16H2,1-2H3,(H,24,30). The normalized spacial score (nSPS) is 13.9. The fraction of sp³-hybridized carbons (Fsp3) is 0.435. The SMILES string of the molecule is CCc1nc2ccc(C(=O)NCCCN3CCCC3=O)cn2c1N(C)Cc1cccs1. The number of carbonyl (C=O) groups is 2. The summed E-state index contributed by atoms with van der Waals surface area (Å²) in [4.78, 5) is 34.5. The van der Waals surface area contributed by atoms with Gasteiger partial charge in [0.05, 0.1) is 17.8 Å². The number of amides is 2. The Morgan fingerprint density at radius 1 is 1.32 bits per heavy atom. The third kappa shape index (κ3) is 4.74. The molecule has 1 aliphatic heterocycles. The molecule has 4 heterocycles. The largest absolute Gasteiger partial charge is 0.354 e. The van der Waals surface area contributed by atoms with Crippen molar-refractivity contribution in [1.82, 2.24) is 19.6 Å². The summed E-state index contributed by atoms with van der Waals surface area (Å²) in [5, 5.41) is 5.07. The molecule has 3 aromatic heterocycles. The molecule has 164 valence electrons. The highest BCUT2D eigenvalue weighted by atomic mass is 32.1. The molecule has 1 N–H and O–H groups in total. The van der Waals surface area contributed by atoms with Crippen molar-refractivity contribution < 1.29 is 9.59 Å². The van der Waals surface area contributed by atoms with Gasteiger partial charge < -0.3 is 15.1 Å². The Kier molecular flexibility index (Phi) is 6.56. The number of likely N-dealkylation sites (tertiary alicyclic amines) is 1. The quantitative estimate of drug-likeness (QED) is 0.519. The van der Waals surface area contributed by atoms with E-state index in [2.05, 4.69) is 41.7 Å². The molecule has 1 saturated heterocycles. The Morgan fingerprint density at radius 3 is 2.90 bits per heavy atom. The fourth-order valence-electron chi connectivity index (χ4n) is 4.08. The first-order chi connectivity index (χ1) is 15.1. The molecule has 7 nitrogen and oxygen atoms in total. The molecule has 4 rings (SSSR count). The van der Waals surface area contributed by atoms with E-state index in [1.807, 2.05) is 27.6 Å². The molecule has 0 atom stereocenters. The zero-order valence-corrected chi connectivity index (χ0v) is 19.0. The summed E-state index contributed by atoms with van der Waals surface area (Å²) in [5.41, 5.74) is 2.47. The second-order valence-corrected chi connectivity index (χ2v) is 8.94. The van der Waals surface area contributed by atoms with Crippen molar-refractivity contribution in [3.63, 3.8) is 0 Å². The fourth-order valence-corrected chi connectivity index (χ4v) is 4.84. The number of thiophene rings is 1. The summed E-state index contributed by atoms with van der Waals surface area (Å²) >= 11 is 1.74. The second kappa shape index (κ2) is 9.51. The van der Waals surface area contributed by atoms with E-state index in [-0.39, 0.29) is 11.8 Å². The van der Waals surface area contributed by atoms with Gasteiger partial charge in [-0.15, -0.1) is 11.3 Å². The monoisotopic (exact) mass is 439 g/mol. The van der Waals surface area contributed by atoms with Crippen LogP contribution in [0.5, 0.6) is 0 Å². The van der Waals surface area contributed by atoms with Gasteiger partial charge in [0, 0.05) is 44.2 Å². The predicted octanol–water partition coefficient (Wildman–Crippen LogP) is 3.34. The van der Waals surface area contributed by atoms with Gasteiger partial charge in [0.25, 0.3) is 5.91 Å². The number of nitrogens with zero attached hydrogens (tertiary/aromatic N) is 4. The maximum absolute atomic E-state index is 12.7. The first-order valence-corrected chi connectivity index (χ1v) is 11.7. The molecule has 0 bridgehead atoms. The summed E-state index contributed by atoms with van der Waals surface area (Å²) in [7, 11) is 2.06. The van der Waals surface area contributed by atoms with E-state index >= 15 is 0 Å². The Balaban J connectivity index is 1.45. The molecule has 0 unspecified atom stereocenters. The number of aryl methyl sites for hydroxylation is 1. The summed E-state index contributed by atoms with van der Waals surface area (Å²) in [6.07, 6.45) is 5.06. The minimum atomic E-state index is -0.103. The lowest BCUT2D eigenvalue weighted by Gasteiger charge is -2.19. The van der Waals surface area contributed by atoms with Gasteiger partial charge in [0.2, 0.25) is 5.91 Å². The van der Waals surface area contributed by atoms with E-state index in [1.165, 1.54) is 4.88 Å². The third-order valence-corrected chi connectivity index (χ3v) is 6.52. The number of imidazole rings is 1. The van der Waals surface area contributed by atoms with Gasteiger partial charge in [0.1, 0.15) is 11.5 Å². The van der Waals surface area contributed by atoms with E-state index in [4.69, 9.17) is 4.98 Å². The molecule has 1 aliphatic rings. The number of anilines is 1. The van der Waals surface area contributed by atoms with Crippen LogP contribution in [0.15, 0.2) is 35.8 Å². The Morgan fingerprint density at radius 2 is 2.19 bits per heavy atom. The van der Waals surface area contributed by atoms with Crippen LogP contribution < -0.4 is 10.2 Å². The van der Waals surface area contributed by atoms with Crippen LogP contribution in [0.3, 0.4) is 0 Å². The number of fused-ring (bicyclic) bond motifs is 1. The lowest BCUT2D eigenvalue weighted by atomic mass is 10.2. The van der Waals surface area contributed by atoms with Gasteiger partial charge in [0.15, 0.2) is 0 Å². The number of hydrogen-bond acceptors (Lipinski definition) is 5. The second-order valence-electron chi connectivity index (χ2n) is 7.91. The number of pyridine rings is 1. The van der Waals surface area contributed by atoms with Gasteiger partial charge in [-0.2, -0.15) is 0 Å². The highest BCUT2D eigenvalue weighted by molar-refractivity contribution is 7.09. The van der Waals surface area contributed by atoms with Crippen molar-refractivity contribution in [1.29, 1.82) is 0 Å². The number of carbonyl (C=O) groups excluding carboxylic acids is 2. The van der Waals surface area contributed by atoms with Gasteiger partial charge >= 0.3 is 0 Å². The van der Waals surface area contributed by atoms with E-state index in [0.29, 0.717) is 25.1 Å². The summed E-state index contributed by atoms with van der Waals surface area (Å²) in [5.74, 6) is 1.14. The first kappa shape index (κ1) is 21.4. The summed E-state index contributed by atoms with van der Waals surface area (Å²) < 4.78 is 2.02. The van der Waals surface area contributed by atoms with Crippen LogP contribution in [0.2, 0.25) is 0 Å². The lowest BCUT2D eigenvalue weighted by molar-refractivity contribution is -0.127. The minimum Gasteiger partial charge on any atom is -0.354 e. The van der Waals surface area contributed by atoms with Crippen LogP contribution >= 0.6 is 11.3 Å². The van der Waals surface area contributed by atoms with Crippen LogP contribution in [-0.2, 0) is 17.8 Å². The van der Waals surface area contributed by atoms with Crippen LogP contribution in [-0.4, -0.2) is 52.8 Å². The van der Waals surface area contributed by atoms with Crippen molar-refractivity contribution in [2.45, 2.75) is 39.2 Å². The molecule has 8 heteroatoms. The Bertz CT molecular complexity index is 1060. The van der Waals surface area contributed by atoms with Crippen LogP contribution in [0.25, 0.3) is 5.65 Å². The molecule has 31 heavy (non-hydrogen) atoms. The number of aromatic nitrogens is 2. The molecule has 0 radical (unpaired) electrons. The average molecular weight is 440 g/mol. The van der Waals surface area contributed by atoms with Gasteiger partial charge in [-0.3, -0.25) is 14.0 Å². The number of rotatable bonds is 9. The third-order valence-electron chi connectivity index (χ3n) is 5.66. The first-order valence-electron chi connectivity index (χ1n) is 10.9. The molecule has 0 saturated carbocycles. The molecular weight excluding hydrogens is 410 g/mol. The molecule has 0 spiro atoms. The van der Waals surface area contributed by atoms with Gasteiger partial charge in [-0.1, -0.05) is 13.0 Å². The molecule has 0 aromatic carbocycles. The van der Waals surface area contributed by atoms with Crippen LogP contribution in [0.1, 0.15) is 47.1 Å². The molecular formula is C23H29N5O2S. The number of hydrogen-bond donors (Lipinski definition) is 1. The van der Waals surface area contributed by atoms with E-state index < -0.39 is 0 Å². The van der Waals surface area contributed by atoms with Crippen molar-refractivity contribution in [2.24, 2.45) is 0 Å². The van der Waals surface area contributed by atoms with Crippen molar-refractivity contribution >= 4 is 34.6 Å². The zero-order chi connectivity index (χ0) is 21.8. The summed E-state index contributed by atoms with van der Waals surface area (Å²) in [6, 6.07) is 7.92. The molecule has 2 amide bonds. The Hall–Kier alpha value is -2.87. The minimum absolute atomic E-state index is 0.103. The smallest absolute Gasteiger partial charge is 0.252 e. The maximum Gasteiger partial charge on any atom is 0.252 e. The van der Waals surface area contributed by atoms with E-state index in [1.54, 1.807) is 11.3 Å².